The van der Waals surface area contributed by atoms with Crippen LogP contribution in [0.3, 0.4) is 0 Å². The molecule has 0 aromatic rings. The van der Waals surface area contributed by atoms with E-state index in [2.05, 4.69) is 0 Å². The molecule has 2 unspecified atom stereocenters. The molecule has 8 heavy (non-hydrogen) atoms. The molecule has 1 aliphatic carbocycles. The lowest BCUT2D eigenvalue weighted by molar-refractivity contribution is 0.0535. The summed E-state index contributed by atoms with van der Waals surface area (Å²) in [5, 5.41) is 9.06. The highest BCUT2D eigenvalue weighted by atomic mass is 16.3. The first-order valence-electron chi connectivity index (χ1n) is 2.87. The molecule has 0 saturated heterocycles. The van der Waals surface area contributed by atoms with Crippen LogP contribution in [0.15, 0.2) is 0 Å². The van der Waals surface area contributed by atoms with Crippen molar-refractivity contribution in [3.05, 3.63) is 0 Å². The number of rotatable bonds is 0. The minimum absolute atomic E-state index is 0.116. The second-order valence-corrected chi connectivity index (χ2v) is 2.61. The molecule has 0 aliphatic heterocycles. The Kier molecular flexibility index (Phi) is 1.27. The van der Waals surface area contributed by atoms with Gasteiger partial charge in [-0.25, -0.2) is 0 Å². The molecule has 48 valence electrons. The summed E-state index contributed by atoms with van der Waals surface area (Å²) in [6.45, 7) is 0. The molecule has 0 radical (unpaired) electrons. The smallest absolute Gasteiger partial charge is 0.115 e. The van der Waals surface area contributed by atoms with Gasteiger partial charge in [0.15, 0.2) is 0 Å². The van der Waals surface area contributed by atoms with Crippen molar-refractivity contribution in [1.29, 1.82) is 0 Å². The molecule has 0 aromatic heterocycles. The third-order valence-corrected chi connectivity index (χ3v) is 1.56. The van der Waals surface area contributed by atoms with E-state index in [9.17, 15) is 0 Å². The maximum absolute atomic E-state index is 9.06. The maximum atomic E-state index is 9.06. The predicted octanol–water partition coefficient (Wildman–Crippen LogP) is -0.855. The van der Waals surface area contributed by atoms with Gasteiger partial charge in [-0.15, -0.1) is 0 Å². The first kappa shape index (κ1) is 6.01. The minimum atomic E-state index is -0.959. The molecule has 0 bridgehead atoms. The number of hydrogen-bond acceptors (Lipinski definition) is 3. The highest BCUT2D eigenvalue weighted by molar-refractivity contribution is 4.85. The molecular weight excluding hydrogens is 104 g/mol. The van der Waals surface area contributed by atoms with Crippen LogP contribution in [0.1, 0.15) is 19.3 Å². The van der Waals surface area contributed by atoms with Crippen molar-refractivity contribution in [1.82, 2.24) is 0 Å². The Bertz CT molecular complexity index is 92.4. The SMILES string of the molecule is NC1CCC(N)(O)C1. The molecular formula is C5H12N2O. The van der Waals surface area contributed by atoms with Crippen molar-refractivity contribution >= 4 is 0 Å². The monoisotopic (exact) mass is 116 g/mol. The molecule has 0 heterocycles. The van der Waals surface area contributed by atoms with Crippen molar-refractivity contribution in [2.75, 3.05) is 0 Å². The fourth-order valence-electron chi connectivity index (χ4n) is 1.09. The van der Waals surface area contributed by atoms with Crippen molar-refractivity contribution in [2.45, 2.75) is 31.0 Å². The van der Waals surface area contributed by atoms with E-state index in [-0.39, 0.29) is 6.04 Å². The van der Waals surface area contributed by atoms with Gasteiger partial charge in [0.05, 0.1) is 0 Å². The van der Waals surface area contributed by atoms with Crippen LogP contribution < -0.4 is 11.5 Å². The lowest BCUT2D eigenvalue weighted by Gasteiger charge is -2.13. The fraction of sp³-hybridized carbons (Fsp3) is 1.00. The first-order chi connectivity index (χ1) is 3.60. The zero-order valence-electron chi connectivity index (χ0n) is 4.80. The third-order valence-electron chi connectivity index (χ3n) is 1.56. The van der Waals surface area contributed by atoms with Crippen LogP contribution in [-0.4, -0.2) is 16.9 Å². The van der Waals surface area contributed by atoms with Crippen LogP contribution in [0.4, 0.5) is 0 Å². The summed E-state index contributed by atoms with van der Waals surface area (Å²) in [5.41, 5.74) is 9.86. The van der Waals surface area contributed by atoms with Gasteiger partial charge in [0, 0.05) is 12.5 Å². The van der Waals surface area contributed by atoms with E-state index in [1.165, 1.54) is 0 Å². The highest BCUT2D eigenvalue weighted by Gasteiger charge is 2.30. The van der Waals surface area contributed by atoms with Gasteiger partial charge in [-0.05, 0) is 12.8 Å². The summed E-state index contributed by atoms with van der Waals surface area (Å²) < 4.78 is 0. The maximum Gasteiger partial charge on any atom is 0.115 e. The summed E-state index contributed by atoms with van der Waals surface area (Å²) in [4.78, 5) is 0. The molecule has 3 heteroatoms. The quantitative estimate of drug-likeness (QED) is 0.361. The molecule has 0 aromatic carbocycles. The topological polar surface area (TPSA) is 72.3 Å². The molecule has 1 fully saturated rings. The summed E-state index contributed by atoms with van der Waals surface area (Å²) in [5.74, 6) is 0. The summed E-state index contributed by atoms with van der Waals surface area (Å²) in [6, 6.07) is 0.116. The highest BCUT2D eigenvalue weighted by Crippen LogP contribution is 2.22. The van der Waals surface area contributed by atoms with Crippen molar-refractivity contribution in [3.63, 3.8) is 0 Å². The Morgan fingerprint density at radius 3 is 2.38 bits per heavy atom. The van der Waals surface area contributed by atoms with Crippen LogP contribution in [0.2, 0.25) is 0 Å². The molecule has 5 N–H and O–H groups in total. The summed E-state index contributed by atoms with van der Waals surface area (Å²) in [6.07, 6.45) is 2.05. The van der Waals surface area contributed by atoms with E-state index >= 15 is 0 Å². The summed E-state index contributed by atoms with van der Waals surface area (Å²) >= 11 is 0. The van der Waals surface area contributed by atoms with E-state index < -0.39 is 5.72 Å². The predicted molar refractivity (Wildman–Crippen MR) is 31.0 cm³/mol. The normalized spacial score (nSPS) is 47.6. The van der Waals surface area contributed by atoms with E-state index in [4.69, 9.17) is 16.6 Å². The van der Waals surface area contributed by atoms with Crippen molar-refractivity contribution in [2.24, 2.45) is 11.5 Å². The van der Waals surface area contributed by atoms with E-state index in [1.54, 1.807) is 0 Å². The van der Waals surface area contributed by atoms with Gasteiger partial charge in [-0.1, -0.05) is 0 Å². The molecule has 0 amide bonds. The van der Waals surface area contributed by atoms with Gasteiger partial charge in [0.2, 0.25) is 0 Å². The second-order valence-electron chi connectivity index (χ2n) is 2.61. The van der Waals surface area contributed by atoms with E-state index in [0.29, 0.717) is 12.8 Å². The van der Waals surface area contributed by atoms with E-state index in [1.807, 2.05) is 0 Å². The zero-order chi connectivity index (χ0) is 6.20. The number of nitrogens with two attached hydrogens (primary N) is 2. The molecule has 0 spiro atoms. The second kappa shape index (κ2) is 1.69. The Labute approximate surface area is 48.7 Å². The van der Waals surface area contributed by atoms with Gasteiger partial charge >= 0.3 is 0 Å². The van der Waals surface area contributed by atoms with Crippen LogP contribution in [0.25, 0.3) is 0 Å². The van der Waals surface area contributed by atoms with Gasteiger partial charge in [-0.3, -0.25) is 0 Å². The van der Waals surface area contributed by atoms with Gasteiger partial charge < -0.3 is 16.6 Å². The molecule has 1 saturated carbocycles. The average Bonchev–Trinajstić information content (AvgIpc) is 1.82. The largest absolute Gasteiger partial charge is 0.376 e. The Balaban J connectivity index is 2.44. The van der Waals surface area contributed by atoms with Crippen molar-refractivity contribution < 1.29 is 5.11 Å². The Morgan fingerprint density at radius 2 is 2.25 bits per heavy atom. The molecule has 3 nitrogen and oxygen atoms in total. The third kappa shape index (κ3) is 1.18. The van der Waals surface area contributed by atoms with Gasteiger partial charge in [0.25, 0.3) is 0 Å². The Hall–Kier alpha value is -0.120. The van der Waals surface area contributed by atoms with Crippen LogP contribution in [-0.2, 0) is 0 Å². The van der Waals surface area contributed by atoms with Crippen LogP contribution >= 0.6 is 0 Å². The van der Waals surface area contributed by atoms with Gasteiger partial charge in [-0.2, -0.15) is 0 Å². The fourth-order valence-corrected chi connectivity index (χ4v) is 1.09. The molecule has 1 aliphatic rings. The lowest BCUT2D eigenvalue weighted by atomic mass is 10.2. The van der Waals surface area contributed by atoms with Crippen LogP contribution in [0.5, 0.6) is 0 Å². The standard InChI is InChI=1S/C5H12N2O/c6-4-1-2-5(7,8)3-4/h4,8H,1-3,6-7H2. The Morgan fingerprint density at radius 1 is 1.62 bits per heavy atom. The zero-order valence-corrected chi connectivity index (χ0v) is 4.80. The van der Waals surface area contributed by atoms with Crippen LogP contribution in [0, 0.1) is 0 Å². The molecule has 1 rings (SSSR count). The first-order valence-corrected chi connectivity index (χ1v) is 2.87. The van der Waals surface area contributed by atoms with E-state index in [0.717, 1.165) is 6.42 Å². The average molecular weight is 116 g/mol. The summed E-state index contributed by atoms with van der Waals surface area (Å²) in [7, 11) is 0. The number of hydrogen-bond donors (Lipinski definition) is 3. The van der Waals surface area contributed by atoms with Crippen molar-refractivity contribution in [3.8, 4) is 0 Å². The minimum Gasteiger partial charge on any atom is -0.376 e. The number of aliphatic hydroxyl groups is 1. The molecule has 2 atom stereocenters. The van der Waals surface area contributed by atoms with Gasteiger partial charge in [0.1, 0.15) is 5.72 Å². The lowest BCUT2D eigenvalue weighted by Crippen LogP contribution is -2.37.